The van der Waals surface area contributed by atoms with Crippen LogP contribution < -0.4 is 0 Å². The summed E-state index contributed by atoms with van der Waals surface area (Å²) < 4.78 is 18.4. The molecule has 1 fully saturated rings. The molecule has 5 nitrogen and oxygen atoms in total. The van der Waals surface area contributed by atoms with Gasteiger partial charge in [0.15, 0.2) is 0 Å². The molecular formula is C23H29FN2O3S. The molecule has 1 aromatic carbocycles. The summed E-state index contributed by atoms with van der Waals surface area (Å²) in [4.78, 5) is 30.6. The van der Waals surface area contributed by atoms with Gasteiger partial charge < -0.3 is 14.5 Å². The number of hydrogen-bond acceptors (Lipinski definition) is 4. The van der Waals surface area contributed by atoms with Crippen molar-refractivity contribution in [1.82, 2.24) is 9.80 Å². The van der Waals surface area contributed by atoms with Gasteiger partial charge in [0.25, 0.3) is 0 Å². The van der Waals surface area contributed by atoms with E-state index in [1.807, 2.05) is 17.5 Å². The van der Waals surface area contributed by atoms with Crippen molar-refractivity contribution in [3.8, 4) is 0 Å². The number of benzene rings is 1. The molecule has 30 heavy (non-hydrogen) atoms. The third-order valence-corrected chi connectivity index (χ3v) is 6.30. The first-order chi connectivity index (χ1) is 14.6. The van der Waals surface area contributed by atoms with E-state index in [-0.39, 0.29) is 30.1 Å². The lowest BCUT2D eigenvalue weighted by atomic mass is 9.84. The van der Waals surface area contributed by atoms with Crippen molar-refractivity contribution in [2.24, 2.45) is 5.92 Å². The molecule has 0 N–H and O–H groups in total. The number of carbonyl (C=O) groups excluding carboxylic acids is 2. The molecule has 0 bridgehead atoms. The van der Waals surface area contributed by atoms with Gasteiger partial charge in [-0.05, 0) is 48.4 Å². The smallest absolute Gasteiger partial charge is 0.242 e. The Kier molecular flexibility index (Phi) is 8.39. The molecule has 162 valence electrons. The Morgan fingerprint density at radius 3 is 2.50 bits per heavy atom. The van der Waals surface area contributed by atoms with E-state index in [0.717, 1.165) is 29.7 Å². The van der Waals surface area contributed by atoms with Gasteiger partial charge in [-0.3, -0.25) is 9.59 Å². The maximum Gasteiger partial charge on any atom is 0.242 e. The molecule has 1 aliphatic carbocycles. The summed E-state index contributed by atoms with van der Waals surface area (Å²) in [5, 5.41) is 1.98. The predicted molar refractivity (Wildman–Crippen MR) is 115 cm³/mol. The first kappa shape index (κ1) is 22.4. The van der Waals surface area contributed by atoms with Crippen LogP contribution in [-0.2, 0) is 27.4 Å². The minimum atomic E-state index is -0.301. The van der Waals surface area contributed by atoms with Crippen LogP contribution in [-0.4, -0.2) is 48.4 Å². The van der Waals surface area contributed by atoms with Crippen molar-refractivity contribution in [2.75, 3.05) is 26.8 Å². The summed E-state index contributed by atoms with van der Waals surface area (Å²) in [6, 6.07) is 10.1. The van der Waals surface area contributed by atoms with E-state index < -0.39 is 0 Å². The van der Waals surface area contributed by atoms with Gasteiger partial charge in [-0.25, -0.2) is 4.39 Å². The molecule has 7 heteroatoms. The molecule has 0 spiro atoms. The van der Waals surface area contributed by atoms with E-state index in [2.05, 4.69) is 0 Å². The van der Waals surface area contributed by atoms with Crippen LogP contribution in [0.2, 0.25) is 0 Å². The van der Waals surface area contributed by atoms with Crippen molar-refractivity contribution in [3.63, 3.8) is 0 Å². The Hall–Kier alpha value is -2.25. The van der Waals surface area contributed by atoms with Crippen molar-refractivity contribution >= 4 is 23.2 Å². The van der Waals surface area contributed by atoms with Gasteiger partial charge in [0, 0.05) is 37.6 Å². The molecule has 1 heterocycles. The lowest BCUT2D eigenvalue weighted by Crippen LogP contribution is -2.46. The number of halogens is 1. The minimum Gasteiger partial charge on any atom is -0.385 e. The van der Waals surface area contributed by atoms with E-state index >= 15 is 0 Å². The van der Waals surface area contributed by atoms with Crippen LogP contribution in [0.3, 0.4) is 0 Å². The normalized spacial score (nSPS) is 13.7. The summed E-state index contributed by atoms with van der Waals surface area (Å²) in [5.74, 6) is -0.283. The minimum absolute atomic E-state index is 0.0446. The number of ether oxygens (including phenoxy) is 1. The highest BCUT2D eigenvalue weighted by molar-refractivity contribution is 7.09. The zero-order chi connectivity index (χ0) is 21.3. The fourth-order valence-electron chi connectivity index (χ4n) is 3.48. The number of thiophene rings is 1. The van der Waals surface area contributed by atoms with Crippen molar-refractivity contribution in [2.45, 2.75) is 38.8 Å². The van der Waals surface area contributed by atoms with Gasteiger partial charge in [-0.2, -0.15) is 0 Å². The standard InChI is InChI=1S/C23H29FN2O3S/c1-29-13-4-12-25(23(28)19-5-2-6-19)17-22(27)26(16-21-7-3-14-30-21)15-18-8-10-20(24)11-9-18/h3,7-11,14,19H,2,4-6,12-13,15-17H2,1H3. The first-order valence-electron chi connectivity index (χ1n) is 10.4. The van der Waals surface area contributed by atoms with Crippen LogP contribution in [0.15, 0.2) is 41.8 Å². The molecular weight excluding hydrogens is 403 g/mol. The van der Waals surface area contributed by atoms with Gasteiger partial charge in [0.2, 0.25) is 11.8 Å². The summed E-state index contributed by atoms with van der Waals surface area (Å²) in [6.45, 7) is 1.97. The van der Waals surface area contributed by atoms with Gasteiger partial charge in [-0.15, -0.1) is 11.3 Å². The monoisotopic (exact) mass is 432 g/mol. The number of hydrogen-bond donors (Lipinski definition) is 0. The highest BCUT2D eigenvalue weighted by Crippen LogP contribution is 2.28. The summed E-state index contributed by atoms with van der Waals surface area (Å²) in [7, 11) is 1.63. The van der Waals surface area contributed by atoms with Crippen LogP contribution >= 0.6 is 11.3 Å². The van der Waals surface area contributed by atoms with Crippen LogP contribution in [0, 0.1) is 11.7 Å². The molecule has 0 saturated heterocycles. The maximum atomic E-state index is 13.3. The first-order valence-corrected chi connectivity index (χ1v) is 11.3. The van der Waals surface area contributed by atoms with Crippen molar-refractivity contribution < 1.29 is 18.7 Å². The number of carbonyl (C=O) groups is 2. The number of amides is 2. The average Bonchev–Trinajstić information content (AvgIpc) is 3.20. The Bertz CT molecular complexity index is 806. The summed E-state index contributed by atoms with van der Waals surface area (Å²) in [5.41, 5.74) is 0.859. The fourth-order valence-corrected chi connectivity index (χ4v) is 4.20. The SMILES string of the molecule is COCCCN(CC(=O)N(Cc1ccc(F)cc1)Cc1cccs1)C(=O)C1CCC1. The lowest BCUT2D eigenvalue weighted by molar-refractivity contribution is -0.145. The summed E-state index contributed by atoms with van der Waals surface area (Å²) in [6.07, 6.45) is 3.58. The zero-order valence-electron chi connectivity index (χ0n) is 17.4. The van der Waals surface area contributed by atoms with E-state index in [0.29, 0.717) is 32.7 Å². The van der Waals surface area contributed by atoms with E-state index in [9.17, 15) is 14.0 Å². The molecule has 0 atom stereocenters. The second-order valence-electron chi connectivity index (χ2n) is 7.69. The van der Waals surface area contributed by atoms with Gasteiger partial charge in [0.1, 0.15) is 5.82 Å². The van der Waals surface area contributed by atoms with E-state index in [4.69, 9.17) is 4.74 Å². The van der Waals surface area contributed by atoms with Gasteiger partial charge in [0.05, 0.1) is 13.1 Å². The molecule has 0 unspecified atom stereocenters. The second kappa shape index (κ2) is 11.2. The topological polar surface area (TPSA) is 49.9 Å². The van der Waals surface area contributed by atoms with Crippen molar-refractivity contribution in [3.05, 3.63) is 58.0 Å². The third kappa shape index (κ3) is 6.37. The highest BCUT2D eigenvalue weighted by atomic mass is 32.1. The van der Waals surface area contributed by atoms with Gasteiger partial charge in [-0.1, -0.05) is 24.6 Å². The van der Waals surface area contributed by atoms with Crippen LogP contribution in [0.4, 0.5) is 4.39 Å². The average molecular weight is 433 g/mol. The Labute approximate surface area is 181 Å². The van der Waals surface area contributed by atoms with Crippen molar-refractivity contribution in [1.29, 1.82) is 0 Å². The second-order valence-corrected chi connectivity index (χ2v) is 8.72. The van der Waals surface area contributed by atoms with Crippen LogP contribution in [0.1, 0.15) is 36.1 Å². The highest BCUT2D eigenvalue weighted by Gasteiger charge is 2.31. The van der Waals surface area contributed by atoms with E-state index in [1.54, 1.807) is 40.4 Å². The molecule has 2 amide bonds. The van der Waals surface area contributed by atoms with Crippen LogP contribution in [0.25, 0.3) is 0 Å². The molecule has 1 aromatic heterocycles. The zero-order valence-corrected chi connectivity index (χ0v) is 18.2. The lowest BCUT2D eigenvalue weighted by Gasteiger charge is -2.33. The van der Waals surface area contributed by atoms with Crippen LogP contribution in [0.5, 0.6) is 0 Å². The third-order valence-electron chi connectivity index (χ3n) is 5.43. The number of nitrogens with zero attached hydrogens (tertiary/aromatic N) is 2. The fraction of sp³-hybridized carbons (Fsp3) is 0.478. The summed E-state index contributed by atoms with van der Waals surface area (Å²) >= 11 is 1.59. The molecule has 1 aliphatic rings. The number of methoxy groups -OCH3 is 1. The Morgan fingerprint density at radius 1 is 1.13 bits per heavy atom. The predicted octanol–water partition coefficient (Wildman–Crippen LogP) is 4.08. The molecule has 2 aromatic rings. The van der Waals surface area contributed by atoms with E-state index in [1.165, 1.54) is 12.1 Å². The largest absolute Gasteiger partial charge is 0.385 e. The Balaban J connectivity index is 1.71. The van der Waals surface area contributed by atoms with Gasteiger partial charge >= 0.3 is 0 Å². The molecule has 0 aliphatic heterocycles. The maximum absolute atomic E-state index is 13.3. The number of rotatable bonds is 11. The quantitative estimate of drug-likeness (QED) is 0.503. The molecule has 3 rings (SSSR count). The Morgan fingerprint density at radius 2 is 1.90 bits per heavy atom. The molecule has 0 radical (unpaired) electrons. The molecule has 1 saturated carbocycles.